The van der Waals surface area contributed by atoms with Gasteiger partial charge >= 0.3 is 11.8 Å². The standard InChI is InChI=1S/C33H35FN4O7/c1-42-28-16-20(5-7-26(28)39)11-15-37-32(40)33(41)38-22-6-8-27(24(34)17-22)45-30-23-4-3-12-36-25(23)18-29(31(30)43-2)44-19-21-9-13-35-14-10-21/h3-8,12,16-18,21,35,39H,9-11,13-15,19H2,1-2H3,(H,37,40)(H,38,41). The molecule has 0 radical (unpaired) electrons. The van der Waals surface area contributed by atoms with Crippen molar-refractivity contribution in [3.63, 3.8) is 0 Å². The molecule has 1 fully saturated rings. The number of fused-ring (bicyclic) bond motifs is 1. The minimum Gasteiger partial charge on any atom is -0.504 e. The first-order valence-corrected chi connectivity index (χ1v) is 14.6. The number of phenols is 1. The molecule has 1 aromatic heterocycles. The van der Waals surface area contributed by atoms with Gasteiger partial charge in [-0.3, -0.25) is 14.6 Å². The Morgan fingerprint density at radius 1 is 0.978 bits per heavy atom. The molecule has 0 spiro atoms. The second-order valence-corrected chi connectivity index (χ2v) is 10.5. The van der Waals surface area contributed by atoms with Crippen LogP contribution in [0.2, 0.25) is 0 Å². The van der Waals surface area contributed by atoms with E-state index in [0.717, 1.165) is 37.6 Å². The SMILES string of the molecule is COc1cc(CCNC(=O)C(=O)Nc2ccc(Oc3c(OC)c(OCC4CCNCC4)cc4ncccc34)c(F)c2)ccc1O. The molecular weight excluding hydrogens is 583 g/mol. The van der Waals surface area contributed by atoms with Crippen molar-refractivity contribution in [2.45, 2.75) is 19.3 Å². The van der Waals surface area contributed by atoms with Crippen LogP contribution in [0.15, 0.2) is 60.8 Å². The van der Waals surface area contributed by atoms with Crippen molar-refractivity contribution >= 4 is 28.4 Å². The summed E-state index contributed by atoms with van der Waals surface area (Å²) in [4.78, 5) is 29.2. The first-order valence-electron chi connectivity index (χ1n) is 14.6. The summed E-state index contributed by atoms with van der Waals surface area (Å²) in [7, 11) is 2.93. The first kappa shape index (κ1) is 31.3. The predicted molar refractivity (Wildman–Crippen MR) is 166 cm³/mol. The van der Waals surface area contributed by atoms with E-state index in [1.807, 2.05) is 0 Å². The molecule has 2 heterocycles. The number of nitrogens with one attached hydrogen (secondary N) is 3. The number of carbonyl (C=O) groups excluding carboxylic acids is 2. The van der Waals surface area contributed by atoms with Gasteiger partial charge in [0, 0.05) is 35.9 Å². The molecule has 1 aliphatic rings. The molecule has 12 heteroatoms. The highest BCUT2D eigenvalue weighted by molar-refractivity contribution is 6.39. The Kier molecular flexibility index (Phi) is 10.2. The van der Waals surface area contributed by atoms with E-state index in [9.17, 15) is 14.7 Å². The number of ether oxygens (including phenoxy) is 4. The van der Waals surface area contributed by atoms with Crippen molar-refractivity contribution in [3.05, 3.63) is 72.2 Å². The summed E-state index contributed by atoms with van der Waals surface area (Å²) in [5.41, 5.74) is 1.45. The number of aromatic nitrogens is 1. The maximum Gasteiger partial charge on any atom is 0.313 e. The van der Waals surface area contributed by atoms with Gasteiger partial charge in [-0.2, -0.15) is 0 Å². The Labute approximate surface area is 259 Å². The molecule has 11 nitrogen and oxygen atoms in total. The lowest BCUT2D eigenvalue weighted by molar-refractivity contribution is -0.136. The molecular formula is C33H35FN4O7. The smallest absolute Gasteiger partial charge is 0.313 e. The maximum absolute atomic E-state index is 15.3. The average molecular weight is 619 g/mol. The zero-order valence-electron chi connectivity index (χ0n) is 25.0. The van der Waals surface area contributed by atoms with E-state index >= 15 is 4.39 Å². The minimum absolute atomic E-state index is 0.00309. The highest BCUT2D eigenvalue weighted by Crippen LogP contribution is 2.45. The molecule has 0 unspecified atom stereocenters. The van der Waals surface area contributed by atoms with Gasteiger partial charge in [-0.1, -0.05) is 6.07 Å². The lowest BCUT2D eigenvalue weighted by Gasteiger charge is -2.24. The number of amides is 2. The molecule has 45 heavy (non-hydrogen) atoms. The molecule has 0 atom stereocenters. The van der Waals surface area contributed by atoms with Gasteiger partial charge < -0.3 is 40.0 Å². The summed E-state index contributed by atoms with van der Waals surface area (Å²) in [6.07, 6.45) is 4.05. The lowest BCUT2D eigenvalue weighted by atomic mass is 9.99. The zero-order valence-corrected chi connectivity index (χ0v) is 25.0. The van der Waals surface area contributed by atoms with Crippen LogP contribution in [0.3, 0.4) is 0 Å². The van der Waals surface area contributed by atoms with Crippen LogP contribution >= 0.6 is 0 Å². The van der Waals surface area contributed by atoms with E-state index in [2.05, 4.69) is 20.9 Å². The van der Waals surface area contributed by atoms with Crippen molar-refractivity contribution in [3.8, 4) is 34.5 Å². The molecule has 5 rings (SSSR count). The van der Waals surface area contributed by atoms with Gasteiger partial charge in [0.15, 0.2) is 34.6 Å². The number of hydrogen-bond acceptors (Lipinski definition) is 9. The second kappa shape index (κ2) is 14.6. The number of anilines is 1. The molecule has 0 saturated carbocycles. The van der Waals surface area contributed by atoms with Gasteiger partial charge in [0.1, 0.15) is 0 Å². The number of hydrogen-bond donors (Lipinski definition) is 4. The molecule has 236 valence electrons. The van der Waals surface area contributed by atoms with Gasteiger partial charge in [0.05, 0.1) is 26.3 Å². The summed E-state index contributed by atoms with van der Waals surface area (Å²) in [5, 5.41) is 18.6. The van der Waals surface area contributed by atoms with Crippen LogP contribution in [0.5, 0.6) is 34.5 Å². The molecule has 0 bridgehead atoms. The number of methoxy groups -OCH3 is 2. The van der Waals surface area contributed by atoms with E-state index in [1.54, 1.807) is 36.5 Å². The number of carbonyl (C=O) groups is 2. The number of benzene rings is 3. The summed E-state index contributed by atoms with van der Waals surface area (Å²) in [6, 6.07) is 14.0. The van der Waals surface area contributed by atoms with Crippen LogP contribution in [0.25, 0.3) is 10.9 Å². The third-order valence-electron chi connectivity index (χ3n) is 7.47. The number of nitrogens with zero attached hydrogens (tertiary/aromatic N) is 1. The monoisotopic (exact) mass is 618 g/mol. The van der Waals surface area contributed by atoms with Gasteiger partial charge in [-0.25, -0.2) is 4.39 Å². The van der Waals surface area contributed by atoms with Crippen LogP contribution in [-0.2, 0) is 16.0 Å². The van der Waals surface area contributed by atoms with Crippen LogP contribution in [-0.4, -0.2) is 62.4 Å². The Bertz CT molecular complexity index is 1680. The van der Waals surface area contributed by atoms with Crippen LogP contribution < -0.4 is 34.9 Å². The van der Waals surface area contributed by atoms with E-state index in [1.165, 1.54) is 32.4 Å². The van der Waals surface area contributed by atoms with E-state index in [0.29, 0.717) is 47.1 Å². The highest BCUT2D eigenvalue weighted by atomic mass is 19.1. The van der Waals surface area contributed by atoms with E-state index in [-0.39, 0.29) is 29.5 Å². The fraction of sp³-hybridized carbons (Fsp3) is 0.303. The van der Waals surface area contributed by atoms with Gasteiger partial charge in [-0.05, 0) is 80.2 Å². The van der Waals surface area contributed by atoms with Crippen LogP contribution in [0, 0.1) is 11.7 Å². The number of aromatic hydroxyl groups is 1. The fourth-order valence-corrected chi connectivity index (χ4v) is 5.04. The van der Waals surface area contributed by atoms with Crippen LogP contribution in [0.4, 0.5) is 10.1 Å². The largest absolute Gasteiger partial charge is 0.504 e. The Morgan fingerprint density at radius 3 is 2.56 bits per heavy atom. The van der Waals surface area contributed by atoms with E-state index in [4.69, 9.17) is 18.9 Å². The quantitative estimate of drug-likeness (QED) is 0.178. The van der Waals surface area contributed by atoms with Crippen molar-refractivity contribution in [1.82, 2.24) is 15.6 Å². The average Bonchev–Trinajstić information content (AvgIpc) is 3.06. The van der Waals surface area contributed by atoms with Crippen molar-refractivity contribution in [1.29, 1.82) is 0 Å². The molecule has 0 aliphatic carbocycles. The van der Waals surface area contributed by atoms with Crippen LogP contribution in [0.1, 0.15) is 18.4 Å². The van der Waals surface area contributed by atoms with Gasteiger partial charge in [0.25, 0.3) is 0 Å². The number of pyridine rings is 1. The number of halogens is 1. The molecule has 2 amide bonds. The number of phenolic OH excluding ortho intramolecular Hbond substituents is 1. The number of rotatable bonds is 11. The minimum atomic E-state index is -0.955. The van der Waals surface area contributed by atoms with Crippen molar-refractivity contribution < 1.29 is 38.0 Å². The molecule has 4 aromatic rings. The molecule has 3 aromatic carbocycles. The summed E-state index contributed by atoms with van der Waals surface area (Å²) in [5.74, 6) is -1.03. The highest BCUT2D eigenvalue weighted by Gasteiger charge is 2.22. The fourth-order valence-electron chi connectivity index (χ4n) is 5.04. The van der Waals surface area contributed by atoms with Gasteiger partial charge in [0.2, 0.25) is 5.75 Å². The summed E-state index contributed by atoms with van der Waals surface area (Å²) in [6.45, 7) is 2.54. The second-order valence-electron chi connectivity index (χ2n) is 10.5. The third-order valence-corrected chi connectivity index (χ3v) is 7.47. The molecule has 1 aliphatic heterocycles. The third kappa shape index (κ3) is 7.71. The number of piperidine rings is 1. The normalized spacial score (nSPS) is 13.2. The summed E-state index contributed by atoms with van der Waals surface area (Å²) < 4.78 is 38.3. The molecule has 1 saturated heterocycles. The van der Waals surface area contributed by atoms with Gasteiger partial charge in [-0.15, -0.1) is 0 Å². The Balaban J connectivity index is 1.25. The first-order chi connectivity index (χ1) is 21.9. The topological polar surface area (TPSA) is 140 Å². The lowest BCUT2D eigenvalue weighted by Crippen LogP contribution is -2.36. The van der Waals surface area contributed by atoms with Crippen molar-refractivity contribution in [2.75, 3.05) is 45.8 Å². The predicted octanol–water partition coefficient (Wildman–Crippen LogP) is 4.56. The maximum atomic E-state index is 15.3. The van der Waals surface area contributed by atoms with Crippen molar-refractivity contribution in [2.24, 2.45) is 5.92 Å². The van der Waals surface area contributed by atoms with E-state index < -0.39 is 17.6 Å². The zero-order chi connectivity index (χ0) is 31.8. The summed E-state index contributed by atoms with van der Waals surface area (Å²) >= 11 is 0. The Hall–Kier alpha value is -5.10. The Morgan fingerprint density at radius 2 is 1.80 bits per heavy atom. The molecule has 4 N–H and O–H groups in total.